The van der Waals surface area contributed by atoms with Gasteiger partial charge in [-0.2, -0.15) is 0 Å². The van der Waals surface area contributed by atoms with E-state index in [2.05, 4.69) is 0 Å². The van der Waals surface area contributed by atoms with Crippen LogP contribution in [0.1, 0.15) is 69.2 Å². The third-order valence-electron chi connectivity index (χ3n) is 6.29. The number of benzene rings is 3. The van der Waals surface area contributed by atoms with Gasteiger partial charge >= 0.3 is 23.9 Å². The van der Waals surface area contributed by atoms with E-state index in [0.717, 1.165) is 0 Å². The molecule has 10 nitrogen and oxygen atoms in total. The topological polar surface area (TPSA) is 129 Å². The number of carbonyl (C=O) groups excluding carboxylic acids is 4. The number of carbonyl (C=O) groups is 4. The number of rotatable bonds is 11. The predicted molar refractivity (Wildman–Crippen MR) is 164 cm³/mol. The van der Waals surface area contributed by atoms with Crippen LogP contribution in [0, 0.1) is 11.8 Å². The first-order valence-corrected chi connectivity index (χ1v) is 14.3. The molecule has 0 amide bonds. The molecule has 0 radical (unpaired) electrons. The van der Waals surface area contributed by atoms with E-state index in [-0.39, 0.29) is 47.6 Å². The summed E-state index contributed by atoms with van der Waals surface area (Å²) in [4.78, 5) is 51.7. The summed E-state index contributed by atoms with van der Waals surface area (Å²) in [6, 6.07) is 16.6. The van der Waals surface area contributed by atoms with Crippen LogP contribution in [0.15, 0.2) is 66.7 Å². The Kier molecular flexibility index (Phi) is 11.3. The van der Waals surface area contributed by atoms with E-state index in [0.29, 0.717) is 17.2 Å². The number of nitrogens with zero attached hydrogens (tertiary/aromatic N) is 1. The molecule has 234 valence electrons. The minimum atomic E-state index is -0.683. The maximum Gasteiger partial charge on any atom is 0.343 e. The summed E-state index contributed by atoms with van der Waals surface area (Å²) < 4.78 is 21.9. The molecule has 0 heterocycles. The first kappa shape index (κ1) is 33.8. The Hall–Kier alpha value is -4.70. The molecular formula is C34H39NO9. The Bertz CT molecular complexity index is 1370. The summed E-state index contributed by atoms with van der Waals surface area (Å²) in [5.74, 6) is -1.95. The van der Waals surface area contributed by atoms with Gasteiger partial charge in [0.25, 0.3) is 0 Å². The van der Waals surface area contributed by atoms with Crippen molar-refractivity contribution in [3.05, 3.63) is 77.9 Å². The van der Waals surface area contributed by atoms with Gasteiger partial charge in [-0.3, -0.25) is 9.59 Å². The molecule has 0 spiro atoms. The fourth-order valence-corrected chi connectivity index (χ4v) is 3.90. The summed E-state index contributed by atoms with van der Waals surface area (Å²) in [5, 5.41) is 9.73. The molecule has 3 rings (SSSR count). The van der Waals surface area contributed by atoms with Crippen molar-refractivity contribution in [3.8, 4) is 23.0 Å². The van der Waals surface area contributed by atoms with Crippen LogP contribution in [-0.4, -0.2) is 47.7 Å². The van der Waals surface area contributed by atoms with Crippen LogP contribution in [0.2, 0.25) is 0 Å². The van der Waals surface area contributed by atoms with Crippen LogP contribution in [0.5, 0.6) is 23.0 Å². The van der Waals surface area contributed by atoms with Crippen LogP contribution in [0.3, 0.4) is 0 Å². The number of aliphatic hydroxyl groups excluding tert-OH is 1. The molecule has 0 fully saturated rings. The molecule has 3 aromatic rings. The molecule has 0 atom stereocenters. The molecule has 3 aromatic carbocycles. The molecule has 0 unspecified atom stereocenters. The first-order valence-electron chi connectivity index (χ1n) is 14.3. The normalized spacial score (nSPS) is 11.2. The van der Waals surface area contributed by atoms with Gasteiger partial charge in [0.2, 0.25) is 0 Å². The summed E-state index contributed by atoms with van der Waals surface area (Å²) in [6.45, 7) is 12.9. The molecule has 0 saturated heterocycles. The highest BCUT2D eigenvalue weighted by Crippen LogP contribution is 2.33. The number of hydrogen-bond acceptors (Lipinski definition) is 10. The molecule has 1 N–H and O–H groups in total. The van der Waals surface area contributed by atoms with Crippen molar-refractivity contribution in [2.45, 2.75) is 54.0 Å². The largest absolute Gasteiger partial charge is 0.426 e. The molecule has 0 bridgehead atoms. The van der Waals surface area contributed by atoms with Crippen molar-refractivity contribution in [2.75, 3.05) is 18.1 Å². The molecule has 0 aliphatic carbocycles. The zero-order chi connectivity index (χ0) is 32.6. The van der Waals surface area contributed by atoms with Crippen molar-refractivity contribution < 1.29 is 43.2 Å². The van der Waals surface area contributed by atoms with Gasteiger partial charge in [0.1, 0.15) is 23.0 Å². The highest BCUT2D eigenvalue weighted by molar-refractivity contribution is 5.92. The minimum absolute atomic E-state index is 0.105. The lowest BCUT2D eigenvalue weighted by molar-refractivity contribution is -0.138. The lowest BCUT2D eigenvalue weighted by Gasteiger charge is -2.37. The van der Waals surface area contributed by atoms with Gasteiger partial charge in [0.05, 0.1) is 29.6 Å². The zero-order valence-corrected chi connectivity index (χ0v) is 26.1. The summed E-state index contributed by atoms with van der Waals surface area (Å²) in [5.41, 5.74) is 0.518. The van der Waals surface area contributed by atoms with E-state index >= 15 is 0 Å². The average molecular weight is 606 g/mol. The monoisotopic (exact) mass is 605 g/mol. The lowest BCUT2D eigenvalue weighted by Crippen LogP contribution is -2.43. The van der Waals surface area contributed by atoms with E-state index in [4.69, 9.17) is 18.9 Å². The molecule has 0 saturated carbocycles. The Morgan fingerprint density at radius 2 is 1.02 bits per heavy atom. The Labute approximate surface area is 257 Å². The van der Waals surface area contributed by atoms with Gasteiger partial charge in [-0.05, 0) is 69.3 Å². The number of hydrogen-bond donors (Lipinski definition) is 1. The summed E-state index contributed by atoms with van der Waals surface area (Å²) >= 11 is 0. The van der Waals surface area contributed by atoms with E-state index in [1.807, 2.05) is 25.7 Å². The molecular weight excluding hydrogens is 566 g/mol. The second-order valence-electron chi connectivity index (χ2n) is 11.7. The van der Waals surface area contributed by atoms with Crippen LogP contribution in [0.25, 0.3) is 0 Å². The predicted octanol–water partition coefficient (Wildman–Crippen LogP) is 5.85. The Balaban J connectivity index is 1.87. The first-order chi connectivity index (χ1) is 20.7. The highest BCUT2D eigenvalue weighted by atomic mass is 16.6. The molecule has 0 aliphatic rings. The molecule has 0 aromatic heterocycles. The summed E-state index contributed by atoms with van der Waals surface area (Å²) in [6.07, 6.45) is 0. The van der Waals surface area contributed by atoms with E-state index in [1.54, 1.807) is 39.8 Å². The maximum absolute atomic E-state index is 13.0. The van der Waals surface area contributed by atoms with E-state index in [9.17, 15) is 24.3 Å². The van der Waals surface area contributed by atoms with Crippen molar-refractivity contribution in [3.63, 3.8) is 0 Å². The fourth-order valence-electron chi connectivity index (χ4n) is 3.90. The van der Waals surface area contributed by atoms with Gasteiger partial charge in [0, 0.05) is 36.0 Å². The Morgan fingerprint density at radius 1 is 0.636 bits per heavy atom. The lowest BCUT2D eigenvalue weighted by atomic mass is 10.0. The van der Waals surface area contributed by atoms with Gasteiger partial charge in [0.15, 0.2) is 0 Å². The number of ether oxygens (including phenoxy) is 4. The van der Waals surface area contributed by atoms with E-state index < -0.39 is 29.4 Å². The van der Waals surface area contributed by atoms with Crippen molar-refractivity contribution in [1.29, 1.82) is 0 Å². The van der Waals surface area contributed by atoms with Gasteiger partial charge < -0.3 is 29.0 Å². The number of anilines is 1. The number of aliphatic hydroxyl groups is 1. The standard InChI is InChI=1S/C34H39NO9/c1-21(2)30(37)41-26-12-8-23(9-13-26)32(39)43-28-18-25(35(16-17-36)34(5,6)7)19-29(20-28)44-33(40)24-10-14-27(15-11-24)42-31(38)22(3)4/h8-15,18-22,36H,16-17H2,1-7H3. The third-order valence-corrected chi connectivity index (χ3v) is 6.29. The van der Waals surface area contributed by atoms with Gasteiger partial charge in [-0.25, -0.2) is 9.59 Å². The van der Waals surface area contributed by atoms with Crippen LogP contribution < -0.4 is 23.8 Å². The minimum Gasteiger partial charge on any atom is -0.426 e. The highest BCUT2D eigenvalue weighted by Gasteiger charge is 2.24. The smallest absolute Gasteiger partial charge is 0.343 e. The fraction of sp³-hybridized carbons (Fsp3) is 0.353. The SMILES string of the molecule is CC(C)C(=O)Oc1ccc(C(=O)Oc2cc(OC(=O)c3ccc(OC(=O)C(C)C)cc3)cc(N(CCO)C(C)(C)C)c2)cc1. The van der Waals surface area contributed by atoms with E-state index in [1.165, 1.54) is 54.6 Å². The van der Waals surface area contributed by atoms with Crippen molar-refractivity contribution in [1.82, 2.24) is 0 Å². The van der Waals surface area contributed by atoms with Crippen LogP contribution in [0.4, 0.5) is 5.69 Å². The second-order valence-corrected chi connectivity index (χ2v) is 11.7. The number of β-amino-alcohol motifs (C(OH)–C–C–N with tert-alkyl or cyclic N) is 1. The van der Waals surface area contributed by atoms with Crippen molar-refractivity contribution >= 4 is 29.6 Å². The number of esters is 4. The molecule has 10 heteroatoms. The zero-order valence-electron chi connectivity index (χ0n) is 26.1. The van der Waals surface area contributed by atoms with Gasteiger partial charge in [-0.1, -0.05) is 27.7 Å². The van der Waals surface area contributed by atoms with Crippen LogP contribution >= 0.6 is 0 Å². The molecule has 44 heavy (non-hydrogen) atoms. The third kappa shape index (κ3) is 9.40. The molecule has 0 aliphatic heterocycles. The Morgan fingerprint density at radius 3 is 1.34 bits per heavy atom. The second kappa shape index (κ2) is 14.7. The van der Waals surface area contributed by atoms with Crippen LogP contribution in [-0.2, 0) is 9.59 Å². The van der Waals surface area contributed by atoms with Crippen molar-refractivity contribution in [2.24, 2.45) is 11.8 Å². The maximum atomic E-state index is 13.0. The van der Waals surface area contributed by atoms with Gasteiger partial charge in [-0.15, -0.1) is 0 Å². The average Bonchev–Trinajstić information content (AvgIpc) is 2.95. The summed E-state index contributed by atoms with van der Waals surface area (Å²) in [7, 11) is 0. The quantitative estimate of drug-likeness (QED) is 0.210.